The molecule has 0 aliphatic heterocycles. The Hall–Kier alpha value is -3.01. The van der Waals surface area contributed by atoms with E-state index in [4.69, 9.17) is 9.47 Å². The Kier molecular flexibility index (Phi) is 6.42. The van der Waals surface area contributed by atoms with Gasteiger partial charge in [0.05, 0.1) is 25.1 Å². The van der Waals surface area contributed by atoms with Crippen molar-refractivity contribution in [2.24, 2.45) is 0 Å². The van der Waals surface area contributed by atoms with Gasteiger partial charge in [0.25, 0.3) is 11.8 Å². The molecule has 1 aliphatic rings. The molecule has 0 radical (unpaired) electrons. The number of halogens is 2. The van der Waals surface area contributed by atoms with Crippen molar-refractivity contribution in [1.29, 1.82) is 0 Å². The normalized spacial score (nSPS) is 18.9. The van der Waals surface area contributed by atoms with Gasteiger partial charge in [-0.15, -0.1) is 0 Å². The Balaban J connectivity index is 0.00000320. The Morgan fingerprint density at radius 2 is 1.90 bits per heavy atom. The highest BCUT2D eigenvalue weighted by Gasteiger charge is 2.26. The molecule has 0 spiro atoms. The zero-order valence-electron chi connectivity index (χ0n) is 16.1. The number of anilines is 1. The van der Waals surface area contributed by atoms with Crippen LogP contribution in [0.15, 0.2) is 18.3 Å². The molecule has 8 nitrogen and oxygen atoms in total. The van der Waals surface area contributed by atoms with Gasteiger partial charge >= 0.3 is 0 Å². The molecule has 3 rings (SSSR count). The van der Waals surface area contributed by atoms with Gasteiger partial charge in [-0.3, -0.25) is 14.7 Å². The fourth-order valence-electron chi connectivity index (χ4n) is 3.35. The van der Waals surface area contributed by atoms with E-state index in [-0.39, 0.29) is 30.7 Å². The van der Waals surface area contributed by atoms with Gasteiger partial charge in [0, 0.05) is 14.6 Å². The Morgan fingerprint density at radius 1 is 1.17 bits per heavy atom. The molecule has 1 fully saturated rings. The van der Waals surface area contributed by atoms with Crippen molar-refractivity contribution < 1.29 is 29.3 Å². The first-order valence-corrected chi connectivity index (χ1v) is 9.15. The predicted octanol–water partition coefficient (Wildman–Crippen LogP) is 2.88. The first-order valence-electron chi connectivity index (χ1n) is 9.15. The maximum atomic E-state index is 14.1. The standard InChI is InChI=1S/C19H22F2N4O4.H2/c1-28-11-5-3-10(4-6-11)23-19(27)17-13(9-22-25-17)24-18(26)15-14(29-2)8-7-12(20)16(15)21;/h7-11H,3-6H2,1-2H3,(H,22,25)(H,23,27)(H,24,26);1H. The van der Waals surface area contributed by atoms with E-state index in [0.29, 0.717) is 0 Å². The van der Waals surface area contributed by atoms with Gasteiger partial charge in [-0.1, -0.05) is 0 Å². The minimum Gasteiger partial charge on any atom is -0.496 e. The lowest BCUT2D eigenvalue weighted by Crippen LogP contribution is -2.39. The highest BCUT2D eigenvalue weighted by Crippen LogP contribution is 2.26. The number of amides is 2. The number of hydrogen-bond donors (Lipinski definition) is 3. The van der Waals surface area contributed by atoms with Crippen LogP contribution in [0.2, 0.25) is 0 Å². The van der Waals surface area contributed by atoms with E-state index in [2.05, 4.69) is 20.8 Å². The van der Waals surface area contributed by atoms with Gasteiger partial charge in [-0.25, -0.2) is 8.78 Å². The second-order valence-electron chi connectivity index (χ2n) is 6.73. The average molecular weight is 410 g/mol. The number of benzene rings is 1. The minimum absolute atomic E-state index is 0. The molecule has 1 aliphatic carbocycles. The van der Waals surface area contributed by atoms with Crippen LogP contribution in [0.3, 0.4) is 0 Å². The van der Waals surface area contributed by atoms with Crippen LogP contribution < -0.4 is 15.4 Å². The number of aromatic amines is 1. The van der Waals surface area contributed by atoms with E-state index in [1.807, 2.05) is 0 Å². The fourth-order valence-corrected chi connectivity index (χ4v) is 3.35. The van der Waals surface area contributed by atoms with Crippen molar-refractivity contribution in [3.05, 3.63) is 41.2 Å². The summed E-state index contributed by atoms with van der Waals surface area (Å²) in [6.45, 7) is 0. The summed E-state index contributed by atoms with van der Waals surface area (Å²) < 4.78 is 37.9. The lowest BCUT2D eigenvalue weighted by molar-refractivity contribution is 0.0598. The molecule has 29 heavy (non-hydrogen) atoms. The monoisotopic (exact) mass is 410 g/mol. The fraction of sp³-hybridized carbons (Fsp3) is 0.421. The van der Waals surface area contributed by atoms with Gasteiger partial charge in [-0.05, 0) is 37.8 Å². The van der Waals surface area contributed by atoms with E-state index >= 15 is 0 Å². The highest BCUT2D eigenvalue weighted by molar-refractivity contribution is 6.09. The third-order valence-electron chi connectivity index (χ3n) is 4.96. The number of rotatable bonds is 6. The van der Waals surface area contributed by atoms with Gasteiger partial charge in [0.15, 0.2) is 11.6 Å². The summed E-state index contributed by atoms with van der Waals surface area (Å²) in [6, 6.07) is 1.98. The van der Waals surface area contributed by atoms with Crippen LogP contribution in [-0.2, 0) is 4.74 Å². The molecule has 1 aromatic carbocycles. The Bertz CT molecular complexity index is 901. The molecule has 0 unspecified atom stereocenters. The smallest absolute Gasteiger partial charge is 0.271 e. The van der Waals surface area contributed by atoms with Crippen molar-refractivity contribution in [2.75, 3.05) is 19.5 Å². The minimum atomic E-state index is -1.34. The molecule has 0 atom stereocenters. The van der Waals surface area contributed by atoms with Crippen molar-refractivity contribution in [2.45, 2.75) is 37.8 Å². The largest absolute Gasteiger partial charge is 0.496 e. The average Bonchev–Trinajstić information content (AvgIpc) is 3.18. The van der Waals surface area contributed by atoms with Crippen molar-refractivity contribution in [3.63, 3.8) is 0 Å². The molecule has 2 amide bonds. The summed E-state index contributed by atoms with van der Waals surface area (Å²) in [7, 11) is 2.90. The van der Waals surface area contributed by atoms with Gasteiger partial charge in [0.2, 0.25) is 0 Å². The highest BCUT2D eigenvalue weighted by atomic mass is 19.2. The number of methoxy groups -OCH3 is 2. The van der Waals surface area contributed by atoms with Gasteiger partial charge in [0.1, 0.15) is 17.0 Å². The van der Waals surface area contributed by atoms with E-state index < -0.39 is 29.0 Å². The summed E-state index contributed by atoms with van der Waals surface area (Å²) in [5.74, 6) is -4.08. The van der Waals surface area contributed by atoms with Crippen LogP contribution in [0, 0.1) is 11.6 Å². The number of nitrogens with zero attached hydrogens (tertiary/aromatic N) is 1. The lowest BCUT2D eigenvalue weighted by Gasteiger charge is -2.28. The van der Waals surface area contributed by atoms with Crippen molar-refractivity contribution >= 4 is 17.5 Å². The molecular formula is C19H24F2N4O4. The Morgan fingerprint density at radius 3 is 2.55 bits per heavy atom. The van der Waals surface area contributed by atoms with Crippen LogP contribution in [0.4, 0.5) is 14.5 Å². The lowest BCUT2D eigenvalue weighted by atomic mass is 9.93. The zero-order chi connectivity index (χ0) is 21.0. The molecule has 0 bridgehead atoms. The van der Waals surface area contributed by atoms with Crippen molar-refractivity contribution in [1.82, 2.24) is 15.5 Å². The van der Waals surface area contributed by atoms with E-state index in [9.17, 15) is 18.4 Å². The van der Waals surface area contributed by atoms with Crippen LogP contribution in [0.1, 0.15) is 48.0 Å². The number of carbonyl (C=O) groups excluding carboxylic acids is 2. The summed E-state index contributed by atoms with van der Waals surface area (Å²) in [5.41, 5.74) is -0.537. The number of aromatic nitrogens is 2. The van der Waals surface area contributed by atoms with Crippen LogP contribution in [-0.4, -0.2) is 48.4 Å². The topological polar surface area (TPSA) is 105 Å². The number of H-pyrrole nitrogens is 1. The Labute approximate surface area is 167 Å². The van der Waals surface area contributed by atoms with E-state index in [1.54, 1.807) is 7.11 Å². The molecule has 3 N–H and O–H groups in total. The first-order chi connectivity index (χ1) is 13.9. The van der Waals surface area contributed by atoms with Crippen LogP contribution in [0.5, 0.6) is 5.75 Å². The quantitative estimate of drug-likeness (QED) is 0.679. The third-order valence-corrected chi connectivity index (χ3v) is 4.96. The molecule has 1 aromatic heterocycles. The number of ether oxygens (including phenoxy) is 2. The summed E-state index contributed by atoms with van der Waals surface area (Å²) in [5, 5.41) is 11.6. The van der Waals surface area contributed by atoms with Crippen LogP contribution in [0.25, 0.3) is 0 Å². The summed E-state index contributed by atoms with van der Waals surface area (Å²) >= 11 is 0. The number of hydrogen-bond acceptors (Lipinski definition) is 5. The zero-order valence-corrected chi connectivity index (χ0v) is 16.1. The maximum Gasteiger partial charge on any atom is 0.271 e. The number of nitrogens with one attached hydrogen (secondary N) is 3. The summed E-state index contributed by atoms with van der Waals surface area (Å²) in [6.07, 6.45) is 4.64. The SMILES string of the molecule is COc1ccc(F)c(F)c1C(=O)Nc1cn[nH]c1C(=O)NC1CCC(OC)CC1.[HH]. The maximum absolute atomic E-state index is 14.1. The second-order valence-corrected chi connectivity index (χ2v) is 6.73. The van der Waals surface area contributed by atoms with Crippen LogP contribution >= 0.6 is 0 Å². The molecule has 1 heterocycles. The predicted molar refractivity (Wildman–Crippen MR) is 102 cm³/mol. The first kappa shape index (κ1) is 20.7. The van der Waals surface area contributed by atoms with E-state index in [1.165, 1.54) is 13.3 Å². The van der Waals surface area contributed by atoms with Crippen molar-refractivity contribution in [3.8, 4) is 5.75 Å². The molecule has 2 aromatic rings. The summed E-state index contributed by atoms with van der Waals surface area (Å²) in [4.78, 5) is 25.1. The van der Waals surface area contributed by atoms with E-state index in [0.717, 1.165) is 37.8 Å². The molecule has 158 valence electrons. The van der Waals surface area contributed by atoms with Gasteiger partial charge < -0.3 is 20.1 Å². The number of carbonyl (C=O) groups is 2. The second kappa shape index (κ2) is 8.99. The van der Waals surface area contributed by atoms with Gasteiger partial charge in [-0.2, -0.15) is 5.10 Å². The molecule has 1 saturated carbocycles. The molecule has 0 saturated heterocycles. The molecule has 10 heteroatoms. The third kappa shape index (κ3) is 4.53. The molecular weight excluding hydrogens is 386 g/mol.